The SMILES string of the molecule is O=C(O)[C@@H]1CS[C@@H](c2ccc(Cl)cc2)N1C(=O)Nc1cccc2ccccc12. The molecule has 1 saturated heterocycles. The molecular formula is C21H17ClN2O3S. The number of amides is 2. The molecule has 1 fully saturated rings. The van der Waals surface area contributed by atoms with Crippen LogP contribution < -0.4 is 5.32 Å². The molecule has 0 radical (unpaired) electrons. The van der Waals surface area contributed by atoms with E-state index in [4.69, 9.17) is 11.6 Å². The number of carbonyl (C=O) groups is 2. The first-order chi connectivity index (χ1) is 13.5. The van der Waals surface area contributed by atoms with Crippen LogP contribution in [0.2, 0.25) is 5.02 Å². The van der Waals surface area contributed by atoms with Gasteiger partial charge in [-0.1, -0.05) is 60.1 Å². The lowest BCUT2D eigenvalue weighted by Gasteiger charge is -2.28. The van der Waals surface area contributed by atoms with Crippen LogP contribution >= 0.6 is 23.4 Å². The van der Waals surface area contributed by atoms with Gasteiger partial charge < -0.3 is 10.4 Å². The summed E-state index contributed by atoms with van der Waals surface area (Å²) in [4.78, 5) is 26.3. The minimum absolute atomic E-state index is 0.325. The molecule has 0 spiro atoms. The zero-order valence-electron chi connectivity index (χ0n) is 14.7. The van der Waals surface area contributed by atoms with Crippen molar-refractivity contribution in [2.24, 2.45) is 0 Å². The fraction of sp³-hybridized carbons (Fsp3) is 0.143. The van der Waals surface area contributed by atoms with Crippen molar-refractivity contribution in [2.45, 2.75) is 11.4 Å². The third-order valence-corrected chi connectivity index (χ3v) is 6.28. The Morgan fingerprint density at radius 3 is 2.50 bits per heavy atom. The van der Waals surface area contributed by atoms with Gasteiger partial charge in [-0.25, -0.2) is 9.59 Å². The molecule has 4 rings (SSSR count). The summed E-state index contributed by atoms with van der Waals surface area (Å²) >= 11 is 7.39. The van der Waals surface area contributed by atoms with Crippen molar-refractivity contribution in [1.82, 2.24) is 4.90 Å². The Morgan fingerprint density at radius 1 is 1.04 bits per heavy atom. The molecule has 1 aliphatic rings. The minimum Gasteiger partial charge on any atom is -0.480 e. The van der Waals surface area contributed by atoms with Crippen LogP contribution in [0.3, 0.4) is 0 Å². The van der Waals surface area contributed by atoms with Crippen LogP contribution in [-0.2, 0) is 4.79 Å². The summed E-state index contributed by atoms with van der Waals surface area (Å²) in [6.07, 6.45) is 0. The average molecular weight is 413 g/mol. The maximum atomic E-state index is 13.1. The summed E-state index contributed by atoms with van der Waals surface area (Å²) in [6, 6.07) is 19.2. The second-order valence-corrected chi connectivity index (χ2v) is 8.01. The number of carboxylic acid groups (broad SMARTS) is 1. The molecule has 0 unspecified atom stereocenters. The Balaban J connectivity index is 1.67. The predicted molar refractivity (Wildman–Crippen MR) is 113 cm³/mol. The quantitative estimate of drug-likeness (QED) is 0.618. The molecule has 0 bridgehead atoms. The number of fused-ring (bicyclic) bond motifs is 1. The highest BCUT2D eigenvalue weighted by molar-refractivity contribution is 7.99. The topological polar surface area (TPSA) is 69.6 Å². The van der Waals surface area contributed by atoms with Gasteiger partial charge in [-0.2, -0.15) is 0 Å². The summed E-state index contributed by atoms with van der Waals surface area (Å²) in [5, 5.41) is 14.6. The molecule has 2 amide bonds. The second-order valence-electron chi connectivity index (χ2n) is 6.46. The average Bonchev–Trinajstić information content (AvgIpc) is 3.14. The van der Waals surface area contributed by atoms with Gasteiger partial charge >= 0.3 is 12.0 Å². The molecule has 0 aliphatic carbocycles. The highest BCUT2D eigenvalue weighted by Gasteiger charge is 2.42. The predicted octanol–water partition coefficient (Wildman–Crippen LogP) is 5.23. The maximum absolute atomic E-state index is 13.1. The van der Waals surface area contributed by atoms with Crippen LogP contribution in [0.1, 0.15) is 10.9 Å². The van der Waals surface area contributed by atoms with Crippen LogP contribution in [0.15, 0.2) is 66.7 Å². The van der Waals surface area contributed by atoms with E-state index < -0.39 is 23.4 Å². The molecule has 5 nitrogen and oxygen atoms in total. The molecule has 3 aromatic carbocycles. The van der Waals surface area contributed by atoms with E-state index in [1.165, 1.54) is 16.7 Å². The van der Waals surface area contributed by atoms with Gasteiger partial charge in [0.1, 0.15) is 11.4 Å². The molecule has 28 heavy (non-hydrogen) atoms. The van der Waals surface area contributed by atoms with E-state index >= 15 is 0 Å². The van der Waals surface area contributed by atoms with Crippen molar-refractivity contribution in [1.29, 1.82) is 0 Å². The zero-order chi connectivity index (χ0) is 19.7. The number of thioether (sulfide) groups is 1. The third kappa shape index (κ3) is 3.53. The Hall–Kier alpha value is -2.70. The largest absolute Gasteiger partial charge is 0.480 e. The van der Waals surface area contributed by atoms with Crippen molar-refractivity contribution >= 4 is 51.8 Å². The monoisotopic (exact) mass is 412 g/mol. The van der Waals surface area contributed by atoms with Crippen LogP contribution in [0, 0.1) is 0 Å². The van der Waals surface area contributed by atoms with Gasteiger partial charge in [-0.3, -0.25) is 4.90 Å². The van der Waals surface area contributed by atoms with Gasteiger partial charge in [0.15, 0.2) is 0 Å². The lowest BCUT2D eigenvalue weighted by molar-refractivity contribution is -0.141. The summed E-state index contributed by atoms with van der Waals surface area (Å²) in [5.74, 6) is -0.692. The van der Waals surface area contributed by atoms with Gasteiger partial charge in [0.25, 0.3) is 0 Å². The van der Waals surface area contributed by atoms with Gasteiger partial charge in [0, 0.05) is 16.2 Å². The number of anilines is 1. The third-order valence-electron chi connectivity index (χ3n) is 4.71. The van der Waals surface area contributed by atoms with E-state index in [0.717, 1.165) is 16.3 Å². The zero-order valence-corrected chi connectivity index (χ0v) is 16.3. The second kappa shape index (κ2) is 7.73. The number of halogens is 1. The summed E-state index contributed by atoms with van der Waals surface area (Å²) < 4.78 is 0. The molecule has 1 aliphatic heterocycles. The number of urea groups is 1. The molecule has 142 valence electrons. The number of nitrogens with zero attached hydrogens (tertiary/aromatic N) is 1. The molecular weight excluding hydrogens is 396 g/mol. The van der Waals surface area contributed by atoms with Crippen LogP contribution in [0.5, 0.6) is 0 Å². The van der Waals surface area contributed by atoms with Crippen molar-refractivity contribution < 1.29 is 14.7 Å². The molecule has 2 atom stereocenters. The molecule has 0 saturated carbocycles. The number of nitrogens with one attached hydrogen (secondary N) is 1. The maximum Gasteiger partial charge on any atom is 0.327 e. The highest BCUT2D eigenvalue weighted by atomic mass is 35.5. The van der Waals surface area contributed by atoms with E-state index in [1.54, 1.807) is 12.1 Å². The lowest BCUT2D eigenvalue weighted by atomic mass is 10.1. The molecule has 0 aromatic heterocycles. The molecule has 7 heteroatoms. The summed E-state index contributed by atoms with van der Waals surface area (Å²) in [6.45, 7) is 0. The Morgan fingerprint density at radius 2 is 1.75 bits per heavy atom. The van der Waals surface area contributed by atoms with E-state index in [1.807, 2.05) is 54.6 Å². The summed E-state index contributed by atoms with van der Waals surface area (Å²) in [7, 11) is 0. The Bertz CT molecular complexity index is 1040. The van der Waals surface area contributed by atoms with E-state index in [9.17, 15) is 14.7 Å². The fourth-order valence-electron chi connectivity index (χ4n) is 3.34. The van der Waals surface area contributed by atoms with E-state index in [0.29, 0.717) is 16.5 Å². The molecule has 1 heterocycles. The van der Waals surface area contributed by atoms with Crippen LogP contribution in [0.4, 0.5) is 10.5 Å². The van der Waals surface area contributed by atoms with Crippen molar-refractivity contribution in [3.63, 3.8) is 0 Å². The van der Waals surface area contributed by atoms with Crippen LogP contribution in [0.25, 0.3) is 10.8 Å². The number of hydrogen-bond donors (Lipinski definition) is 2. The highest BCUT2D eigenvalue weighted by Crippen LogP contribution is 2.42. The standard InChI is InChI=1S/C21H17ClN2O3S/c22-15-10-8-14(9-11-15)19-24(18(12-28-19)20(25)26)21(27)23-17-7-3-5-13-4-1-2-6-16(13)17/h1-11,18-19H,12H2,(H,23,27)(H,25,26)/t18-,19-/m0/s1. The number of aliphatic carboxylic acids is 1. The minimum atomic E-state index is -1.02. The molecule has 2 N–H and O–H groups in total. The Kier molecular flexibility index (Phi) is 5.15. The van der Waals surface area contributed by atoms with Crippen molar-refractivity contribution in [3.8, 4) is 0 Å². The lowest BCUT2D eigenvalue weighted by Crippen LogP contribution is -2.45. The first-order valence-corrected chi connectivity index (χ1v) is 10.1. The number of hydrogen-bond acceptors (Lipinski definition) is 3. The first kappa shape index (κ1) is 18.7. The van der Waals surface area contributed by atoms with E-state index in [-0.39, 0.29) is 0 Å². The fourth-order valence-corrected chi connectivity index (χ4v) is 4.89. The van der Waals surface area contributed by atoms with Gasteiger partial charge in [0.2, 0.25) is 0 Å². The first-order valence-electron chi connectivity index (χ1n) is 8.71. The van der Waals surface area contributed by atoms with Gasteiger partial charge in [-0.05, 0) is 29.1 Å². The van der Waals surface area contributed by atoms with Gasteiger partial charge in [-0.15, -0.1) is 11.8 Å². The molecule has 3 aromatic rings. The number of carboxylic acids is 1. The van der Waals surface area contributed by atoms with Crippen LogP contribution in [-0.4, -0.2) is 33.8 Å². The normalized spacial score (nSPS) is 19.0. The number of rotatable bonds is 3. The Labute approximate surface area is 171 Å². The number of benzene rings is 3. The van der Waals surface area contributed by atoms with Gasteiger partial charge in [0.05, 0.1) is 5.69 Å². The van der Waals surface area contributed by atoms with E-state index in [2.05, 4.69) is 5.32 Å². The summed E-state index contributed by atoms with van der Waals surface area (Å²) in [5.41, 5.74) is 1.49. The van der Waals surface area contributed by atoms with Crippen molar-refractivity contribution in [3.05, 3.63) is 77.3 Å². The smallest absolute Gasteiger partial charge is 0.327 e. The number of carbonyl (C=O) groups excluding carboxylic acids is 1. The van der Waals surface area contributed by atoms with Crippen molar-refractivity contribution in [2.75, 3.05) is 11.1 Å².